The van der Waals surface area contributed by atoms with Crippen molar-refractivity contribution in [1.82, 2.24) is 15.0 Å². The molecule has 0 aromatic carbocycles. The van der Waals surface area contributed by atoms with E-state index < -0.39 is 0 Å². The zero-order valence-corrected chi connectivity index (χ0v) is 12.4. The van der Waals surface area contributed by atoms with Gasteiger partial charge in [0.05, 0.1) is 12.6 Å². The Bertz CT molecular complexity index is 596. The fourth-order valence-corrected chi connectivity index (χ4v) is 2.05. The molecule has 0 saturated heterocycles. The summed E-state index contributed by atoms with van der Waals surface area (Å²) in [4.78, 5) is 13.3. The van der Waals surface area contributed by atoms with Crippen molar-refractivity contribution in [3.05, 3.63) is 17.6 Å². The summed E-state index contributed by atoms with van der Waals surface area (Å²) < 4.78 is 10.4. The van der Waals surface area contributed by atoms with Crippen molar-refractivity contribution >= 4 is 16.7 Å². The van der Waals surface area contributed by atoms with E-state index in [0.717, 1.165) is 41.2 Å². The minimum absolute atomic E-state index is 0.550. The number of nitrogens with one attached hydrogen (secondary N) is 1. The highest BCUT2D eigenvalue weighted by Gasteiger charge is 2.13. The molecule has 0 spiro atoms. The zero-order chi connectivity index (χ0) is 14.5. The summed E-state index contributed by atoms with van der Waals surface area (Å²) in [6.07, 6.45) is 0.905. The standard InChI is InChI=1S/C14H20N4O2/c1-9-8-11-12(14(16-9)20-4)13(18-10(2)17-11)15-6-5-7-19-3/h8H,5-7H2,1-4H3,(H,15,17,18). The number of anilines is 1. The molecule has 0 amide bonds. The first-order valence-corrected chi connectivity index (χ1v) is 6.58. The van der Waals surface area contributed by atoms with Gasteiger partial charge in [0, 0.05) is 26.0 Å². The number of hydrogen-bond acceptors (Lipinski definition) is 6. The molecule has 108 valence electrons. The minimum Gasteiger partial charge on any atom is -0.480 e. The van der Waals surface area contributed by atoms with Crippen LogP contribution in [-0.4, -0.2) is 42.3 Å². The van der Waals surface area contributed by atoms with Crippen LogP contribution in [0.25, 0.3) is 10.9 Å². The van der Waals surface area contributed by atoms with Gasteiger partial charge in [0.15, 0.2) is 0 Å². The van der Waals surface area contributed by atoms with E-state index in [4.69, 9.17) is 9.47 Å². The van der Waals surface area contributed by atoms with E-state index in [2.05, 4.69) is 20.3 Å². The second-order valence-corrected chi connectivity index (χ2v) is 4.56. The molecule has 0 saturated carbocycles. The maximum Gasteiger partial charge on any atom is 0.226 e. The third kappa shape index (κ3) is 3.14. The lowest BCUT2D eigenvalue weighted by Crippen LogP contribution is -2.09. The van der Waals surface area contributed by atoms with Crippen LogP contribution in [0.5, 0.6) is 5.88 Å². The van der Waals surface area contributed by atoms with Crippen LogP contribution in [0, 0.1) is 13.8 Å². The summed E-state index contributed by atoms with van der Waals surface area (Å²) in [5.41, 5.74) is 1.72. The molecule has 0 aliphatic carbocycles. The molecule has 0 bridgehead atoms. The van der Waals surface area contributed by atoms with Gasteiger partial charge in [-0.3, -0.25) is 0 Å². The van der Waals surface area contributed by atoms with Crippen LogP contribution in [0.2, 0.25) is 0 Å². The minimum atomic E-state index is 0.550. The molecule has 1 N–H and O–H groups in total. The van der Waals surface area contributed by atoms with Crippen molar-refractivity contribution < 1.29 is 9.47 Å². The molecule has 6 nitrogen and oxygen atoms in total. The number of hydrogen-bond donors (Lipinski definition) is 1. The number of rotatable bonds is 6. The first kappa shape index (κ1) is 14.5. The highest BCUT2D eigenvalue weighted by Crippen LogP contribution is 2.29. The normalized spacial score (nSPS) is 10.8. The average Bonchev–Trinajstić information content (AvgIpc) is 2.41. The fourth-order valence-electron chi connectivity index (χ4n) is 2.05. The summed E-state index contributed by atoms with van der Waals surface area (Å²) in [7, 11) is 3.30. The van der Waals surface area contributed by atoms with Crippen LogP contribution in [0.1, 0.15) is 17.9 Å². The molecule has 2 rings (SSSR count). The third-order valence-electron chi connectivity index (χ3n) is 2.90. The van der Waals surface area contributed by atoms with E-state index in [-0.39, 0.29) is 0 Å². The van der Waals surface area contributed by atoms with Gasteiger partial charge in [-0.1, -0.05) is 0 Å². The fraction of sp³-hybridized carbons (Fsp3) is 0.500. The molecule has 20 heavy (non-hydrogen) atoms. The quantitative estimate of drug-likeness (QED) is 0.815. The maximum atomic E-state index is 5.36. The summed E-state index contributed by atoms with van der Waals surface area (Å²) in [6.45, 7) is 5.28. The summed E-state index contributed by atoms with van der Waals surface area (Å²) in [5.74, 6) is 2.03. The number of ether oxygens (including phenoxy) is 2. The second kappa shape index (κ2) is 6.47. The van der Waals surface area contributed by atoms with Gasteiger partial charge in [-0.15, -0.1) is 0 Å². The van der Waals surface area contributed by atoms with Crippen LogP contribution < -0.4 is 10.1 Å². The monoisotopic (exact) mass is 276 g/mol. The van der Waals surface area contributed by atoms with Crippen LogP contribution in [-0.2, 0) is 4.74 Å². The number of nitrogens with zero attached hydrogens (tertiary/aromatic N) is 3. The Morgan fingerprint density at radius 1 is 1.15 bits per heavy atom. The van der Waals surface area contributed by atoms with Crippen molar-refractivity contribution in [2.45, 2.75) is 20.3 Å². The van der Waals surface area contributed by atoms with Crippen molar-refractivity contribution in [3.63, 3.8) is 0 Å². The van der Waals surface area contributed by atoms with E-state index in [0.29, 0.717) is 12.5 Å². The highest BCUT2D eigenvalue weighted by molar-refractivity contribution is 5.93. The lowest BCUT2D eigenvalue weighted by Gasteiger charge is -2.12. The predicted molar refractivity (Wildman–Crippen MR) is 78.3 cm³/mol. The number of fused-ring (bicyclic) bond motifs is 1. The SMILES string of the molecule is COCCCNc1nc(C)nc2cc(C)nc(OC)c12. The highest BCUT2D eigenvalue weighted by atomic mass is 16.5. The van der Waals surface area contributed by atoms with Gasteiger partial charge in [-0.25, -0.2) is 15.0 Å². The van der Waals surface area contributed by atoms with Crippen molar-refractivity contribution in [2.24, 2.45) is 0 Å². The van der Waals surface area contributed by atoms with Crippen molar-refractivity contribution in [1.29, 1.82) is 0 Å². The predicted octanol–water partition coefficient (Wildman–Crippen LogP) is 2.10. The molecular weight excluding hydrogens is 256 g/mol. The average molecular weight is 276 g/mol. The van der Waals surface area contributed by atoms with E-state index in [9.17, 15) is 0 Å². The lowest BCUT2D eigenvalue weighted by molar-refractivity contribution is 0.198. The molecule has 2 aromatic heterocycles. The van der Waals surface area contributed by atoms with Gasteiger partial charge in [0.2, 0.25) is 5.88 Å². The Hall–Kier alpha value is -1.95. The number of aromatic nitrogens is 3. The Balaban J connectivity index is 2.41. The summed E-state index contributed by atoms with van der Waals surface area (Å²) >= 11 is 0. The number of pyridine rings is 1. The maximum absolute atomic E-state index is 5.36. The summed E-state index contributed by atoms with van der Waals surface area (Å²) in [6, 6.07) is 1.94. The molecule has 2 heterocycles. The lowest BCUT2D eigenvalue weighted by atomic mass is 10.2. The number of methoxy groups -OCH3 is 2. The third-order valence-corrected chi connectivity index (χ3v) is 2.90. The van der Waals surface area contributed by atoms with Gasteiger partial charge in [0.1, 0.15) is 17.0 Å². The second-order valence-electron chi connectivity index (χ2n) is 4.56. The van der Waals surface area contributed by atoms with Crippen LogP contribution in [0.3, 0.4) is 0 Å². The Morgan fingerprint density at radius 3 is 2.65 bits per heavy atom. The van der Waals surface area contributed by atoms with E-state index in [1.54, 1.807) is 14.2 Å². The first-order valence-electron chi connectivity index (χ1n) is 6.58. The van der Waals surface area contributed by atoms with Gasteiger partial charge in [-0.05, 0) is 26.3 Å². The number of aryl methyl sites for hydroxylation is 2. The Morgan fingerprint density at radius 2 is 1.95 bits per heavy atom. The zero-order valence-electron chi connectivity index (χ0n) is 12.4. The van der Waals surface area contributed by atoms with Crippen LogP contribution in [0.15, 0.2) is 6.07 Å². The van der Waals surface area contributed by atoms with Gasteiger partial charge >= 0.3 is 0 Å². The molecule has 0 fully saturated rings. The van der Waals surface area contributed by atoms with Gasteiger partial charge < -0.3 is 14.8 Å². The molecule has 0 atom stereocenters. The molecule has 0 radical (unpaired) electrons. The Labute approximate surface area is 118 Å². The smallest absolute Gasteiger partial charge is 0.226 e. The van der Waals surface area contributed by atoms with Gasteiger partial charge in [-0.2, -0.15) is 0 Å². The molecule has 0 aliphatic rings. The molecule has 0 aliphatic heterocycles. The van der Waals surface area contributed by atoms with E-state index in [1.807, 2.05) is 19.9 Å². The van der Waals surface area contributed by atoms with Crippen LogP contribution >= 0.6 is 0 Å². The van der Waals surface area contributed by atoms with E-state index >= 15 is 0 Å². The Kier molecular flexibility index (Phi) is 4.68. The molecule has 0 unspecified atom stereocenters. The van der Waals surface area contributed by atoms with Gasteiger partial charge in [0.25, 0.3) is 0 Å². The topological polar surface area (TPSA) is 69.2 Å². The molecular formula is C14H20N4O2. The largest absolute Gasteiger partial charge is 0.480 e. The summed E-state index contributed by atoms with van der Waals surface area (Å²) in [5, 5.41) is 4.13. The van der Waals surface area contributed by atoms with Crippen molar-refractivity contribution in [3.8, 4) is 5.88 Å². The van der Waals surface area contributed by atoms with Crippen LogP contribution in [0.4, 0.5) is 5.82 Å². The van der Waals surface area contributed by atoms with Crippen molar-refractivity contribution in [2.75, 3.05) is 32.7 Å². The van der Waals surface area contributed by atoms with E-state index in [1.165, 1.54) is 0 Å². The first-order chi connectivity index (χ1) is 9.65. The molecule has 6 heteroatoms. The molecule has 2 aromatic rings.